The predicted octanol–water partition coefficient (Wildman–Crippen LogP) is 1.59. The third-order valence-corrected chi connectivity index (χ3v) is 2.42. The molecule has 0 aliphatic carbocycles. The topological polar surface area (TPSA) is 90.4 Å². The fourth-order valence-electron chi connectivity index (χ4n) is 1.60. The molecular formula is C13H15N3O3. The minimum atomic E-state index is -0.240. The third-order valence-electron chi connectivity index (χ3n) is 2.42. The van der Waals surface area contributed by atoms with Crippen LogP contribution in [0.1, 0.15) is 23.0 Å². The van der Waals surface area contributed by atoms with E-state index in [1.807, 2.05) is 6.92 Å². The second kappa shape index (κ2) is 5.90. The van der Waals surface area contributed by atoms with Gasteiger partial charge < -0.3 is 20.3 Å². The highest BCUT2D eigenvalue weighted by Crippen LogP contribution is 2.19. The highest BCUT2D eigenvalue weighted by molar-refractivity contribution is 5.95. The van der Waals surface area contributed by atoms with Crippen molar-refractivity contribution in [3.63, 3.8) is 0 Å². The Bertz CT molecular complexity index is 552. The quantitative estimate of drug-likeness (QED) is 0.797. The Labute approximate surface area is 110 Å². The van der Waals surface area contributed by atoms with Gasteiger partial charge in [0.1, 0.15) is 17.7 Å². The van der Waals surface area contributed by atoms with Crippen molar-refractivity contribution < 1.29 is 14.1 Å². The summed E-state index contributed by atoms with van der Waals surface area (Å²) in [6.07, 6.45) is 1.45. The summed E-state index contributed by atoms with van der Waals surface area (Å²) in [6, 6.07) is 6.61. The number of nitrogens with two attached hydrogens (primary N) is 1. The molecule has 0 radical (unpaired) electrons. The summed E-state index contributed by atoms with van der Waals surface area (Å²) in [5.41, 5.74) is 7.32. The van der Waals surface area contributed by atoms with Gasteiger partial charge in [-0.15, -0.1) is 0 Å². The summed E-state index contributed by atoms with van der Waals surface area (Å²) in [5, 5.41) is 6.43. The van der Waals surface area contributed by atoms with Gasteiger partial charge in [0.25, 0.3) is 5.91 Å². The molecule has 2 rings (SSSR count). The van der Waals surface area contributed by atoms with Crippen molar-refractivity contribution in [2.45, 2.75) is 13.5 Å². The van der Waals surface area contributed by atoms with E-state index in [2.05, 4.69) is 15.0 Å². The van der Waals surface area contributed by atoms with Crippen molar-refractivity contribution in [2.24, 2.45) is 0 Å². The van der Waals surface area contributed by atoms with Gasteiger partial charge in [-0.3, -0.25) is 4.79 Å². The lowest BCUT2D eigenvalue weighted by atomic mass is 10.1. The van der Waals surface area contributed by atoms with Crippen LogP contribution in [0, 0.1) is 0 Å². The van der Waals surface area contributed by atoms with Crippen LogP contribution in [0.15, 0.2) is 35.1 Å². The van der Waals surface area contributed by atoms with Crippen LogP contribution in [0.25, 0.3) is 0 Å². The van der Waals surface area contributed by atoms with Crippen molar-refractivity contribution in [1.29, 1.82) is 0 Å². The second-order valence-corrected chi connectivity index (χ2v) is 3.90. The summed E-state index contributed by atoms with van der Waals surface area (Å²) >= 11 is 0. The number of hydrogen-bond donors (Lipinski definition) is 2. The highest BCUT2D eigenvalue weighted by Gasteiger charge is 2.09. The first kappa shape index (κ1) is 12.9. The smallest absolute Gasteiger partial charge is 0.251 e. The van der Waals surface area contributed by atoms with Crippen molar-refractivity contribution in [3.8, 4) is 5.75 Å². The van der Waals surface area contributed by atoms with Gasteiger partial charge in [-0.25, -0.2) is 0 Å². The first-order chi connectivity index (χ1) is 9.19. The van der Waals surface area contributed by atoms with Gasteiger partial charge >= 0.3 is 0 Å². The molecule has 1 amide bonds. The van der Waals surface area contributed by atoms with Crippen LogP contribution in [0.5, 0.6) is 5.75 Å². The molecule has 6 heteroatoms. The molecule has 1 aromatic heterocycles. The normalized spacial score (nSPS) is 10.2. The maximum atomic E-state index is 12.0. The molecule has 1 heterocycles. The van der Waals surface area contributed by atoms with Crippen LogP contribution in [0.2, 0.25) is 0 Å². The molecule has 3 N–H and O–H groups in total. The summed E-state index contributed by atoms with van der Waals surface area (Å²) in [4.78, 5) is 12.0. The van der Waals surface area contributed by atoms with Gasteiger partial charge in [-0.2, -0.15) is 0 Å². The first-order valence-electron chi connectivity index (χ1n) is 5.90. The number of nitrogen functional groups attached to an aromatic ring is 1. The molecule has 100 valence electrons. The highest BCUT2D eigenvalue weighted by atomic mass is 16.5. The van der Waals surface area contributed by atoms with E-state index in [0.717, 1.165) is 0 Å². The molecular weight excluding hydrogens is 246 g/mol. The SMILES string of the molecule is CCOc1cc(N)cc(C(=O)NCc2ccon2)c1. The molecule has 0 aliphatic heterocycles. The van der Waals surface area contributed by atoms with Gasteiger partial charge in [0, 0.05) is 23.4 Å². The fraction of sp³-hybridized carbons (Fsp3) is 0.231. The van der Waals surface area contributed by atoms with Gasteiger partial charge in [0.05, 0.1) is 13.2 Å². The van der Waals surface area contributed by atoms with E-state index >= 15 is 0 Å². The summed E-state index contributed by atoms with van der Waals surface area (Å²) in [7, 11) is 0. The molecule has 0 atom stereocenters. The maximum Gasteiger partial charge on any atom is 0.251 e. The largest absolute Gasteiger partial charge is 0.494 e. The van der Waals surface area contributed by atoms with E-state index in [1.165, 1.54) is 6.26 Å². The fourth-order valence-corrected chi connectivity index (χ4v) is 1.60. The Morgan fingerprint density at radius 2 is 2.32 bits per heavy atom. The number of carbonyl (C=O) groups is 1. The van der Waals surface area contributed by atoms with Crippen molar-refractivity contribution in [2.75, 3.05) is 12.3 Å². The van der Waals surface area contributed by atoms with Crippen LogP contribution in [-0.4, -0.2) is 17.7 Å². The van der Waals surface area contributed by atoms with E-state index in [9.17, 15) is 4.79 Å². The molecule has 0 bridgehead atoms. The molecule has 0 spiro atoms. The Hall–Kier alpha value is -2.50. The lowest BCUT2D eigenvalue weighted by Crippen LogP contribution is -2.23. The summed E-state index contributed by atoms with van der Waals surface area (Å²) < 4.78 is 10.0. The van der Waals surface area contributed by atoms with E-state index in [1.54, 1.807) is 24.3 Å². The second-order valence-electron chi connectivity index (χ2n) is 3.90. The van der Waals surface area contributed by atoms with Crippen molar-refractivity contribution in [1.82, 2.24) is 10.5 Å². The maximum absolute atomic E-state index is 12.0. The molecule has 0 saturated heterocycles. The molecule has 19 heavy (non-hydrogen) atoms. The van der Waals surface area contributed by atoms with Gasteiger partial charge in [-0.05, 0) is 19.1 Å². The average molecular weight is 261 g/mol. The van der Waals surface area contributed by atoms with Crippen LogP contribution >= 0.6 is 0 Å². The lowest BCUT2D eigenvalue weighted by Gasteiger charge is -2.08. The van der Waals surface area contributed by atoms with E-state index < -0.39 is 0 Å². The van der Waals surface area contributed by atoms with Crippen LogP contribution in [0.3, 0.4) is 0 Å². The number of nitrogens with zero attached hydrogens (tertiary/aromatic N) is 1. The number of benzene rings is 1. The zero-order valence-corrected chi connectivity index (χ0v) is 10.6. The first-order valence-corrected chi connectivity index (χ1v) is 5.90. The van der Waals surface area contributed by atoms with Gasteiger partial charge in [-0.1, -0.05) is 5.16 Å². The Morgan fingerprint density at radius 1 is 1.47 bits per heavy atom. The number of aromatic nitrogens is 1. The standard InChI is InChI=1S/C13H15N3O3/c1-2-18-12-6-9(5-10(14)7-12)13(17)15-8-11-3-4-19-16-11/h3-7H,2,8,14H2,1H3,(H,15,17). The van der Waals surface area contributed by atoms with Crippen molar-refractivity contribution >= 4 is 11.6 Å². The monoisotopic (exact) mass is 261 g/mol. The van der Waals surface area contributed by atoms with E-state index in [4.69, 9.17) is 10.5 Å². The minimum Gasteiger partial charge on any atom is -0.494 e. The predicted molar refractivity (Wildman–Crippen MR) is 69.7 cm³/mol. The molecule has 0 fully saturated rings. The van der Waals surface area contributed by atoms with Crippen LogP contribution in [-0.2, 0) is 6.54 Å². The third kappa shape index (κ3) is 3.48. The number of carbonyl (C=O) groups excluding carboxylic acids is 1. The van der Waals surface area contributed by atoms with E-state index in [0.29, 0.717) is 35.8 Å². The van der Waals surface area contributed by atoms with Crippen LogP contribution < -0.4 is 15.8 Å². The number of ether oxygens (including phenoxy) is 1. The molecule has 2 aromatic rings. The number of amides is 1. The summed E-state index contributed by atoms with van der Waals surface area (Å²) in [6.45, 7) is 2.69. The Kier molecular flexibility index (Phi) is 4.02. The zero-order chi connectivity index (χ0) is 13.7. The molecule has 0 unspecified atom stereocenters. The molecule has 1 aromatic carbocycles. The average Bonchev–Trinajstić information content (AvgIpc) is 2.88. The number of hydrogen-bond acceptors (Lipinski definition) is 5. The van der Waals surface area contributed by atoms with Gasteiger partial charge in [0.2, 0.25) is 0 Å². The lowest BCUT2D eigenvalue weighted by molar-refractivity contribution is 0.0949. The number of rotatable bonds is 5. The number of nitrogens with one attached hydrogen (secondary N) is 1. The number of anilines is 1. The zero-order valence-electron chi connectivity index (χ0n) is 10.6. The molecule has 6 nitrogen and oxygen atoms in total. The van der Waals surface area contributed by atoms with Gasteiger partial charge in [0.15, 0.2) is 0 Å². The molecule has 0 saturated carbocycles. The Morgan fingerprint density at radius 3 is 3.00 bits per heavy atom. The van der Waals surface area contributed by atoms with Crippen LogP contribution in [0.4, 0.5) is 5.69 Å². The van der Waals surface area contributed by atoms with Crippen molar-refractivity contribution in [3.05, 3.63) is 41.8 Å². The molecule has 0 aliphatic rings. The summed E-state index contributed by atoms with van der Waals surface area (Å²) in [5.74, 6) is 0.338. The van der Waals surface area contributed by atoms with E-state index in [-0.39, 0.29) is 5.91 Å². The minimum absolute atomic E-state index is 0.240. The Balaban J connectivity index is 2.05.